The summed E-state index contributed by atoms with van der Waals surface area (Å²) in [6.45, 7) is 1.98. The maximum Gasteiger partial charge on any atom is 0.345 e. The van der Waals surface area contributed by atoms with E-state index in [9.17, 15) is 9.59 Å². The summed E-state index contributed by atoms with van der Waals surface area (Å²) in [6.07, 6.45) is 0.605. The molecule has 1 aromatic rings. The van der Waals surface area contributed by atoms with Crippen LogP contribution in [0.2, 0.25) is 0 Å². The Morgan fingerprint density at radius 3 is 1.69 bits per heavy atom. The van der Waals surface area contributed by atoms with E-state index in [-0.39, 0.29) is 5.57 Å². The van der Waals surface area contributed by atoms with Crippen LogP contribution in [0.15, 0.2) is 47.3 Å². The van der Waals surface area contributed by atoms with Crippen molar-refractivity contribution in [3.8, 4) is 0 Å². The molecule has 0 saturated heterocycles. The lowest BCUT2D eigenvalue weighted by molar-refractivity contribution is -0.143. The van der Waals surface area contributed by atoms with Gasteiger partial charge in [-0.05, 0) is 12.0 Å². The van der Waals surface area contributed by atoms with Gasteiger partial charge < -0.3 is 19.3 Å². The zero-order valence-electron chi connectivity index (χ0n) is 16.6. The molecule has 0 saturated carbocycles. The largest absolute Gasteiger partial charge is 0.465 e. The van der Waals surface area contributed by atoms with Crippen LogP contribution in [-0.4, -0.2) is 64.1 Å². The third-order valence-electron chi connectivity index (χ3n) is 3.86. The van der Waals surface area contributed by atoms with Crippen molar-refractivity contribution in [3.05, 3.63) is 52.9 Å². The Labute approximate surface area is 155 Å². The van der Waals surface area contributed by atoms with Crippen LogP contribution in [0.4, 0.5) is 0 Å². The van der Waals surface area contributed by atoms with E-state index in [0.717, 1.165) is 17.0 Å². The first-order valence-corrected chi connectivity index (χ1v) is 8.34. The fraction of sp³-hybridized carbons (Fsp3) is 0.400. The van der Waals surface area contributed by atoms with E-state index in [1.807, 2.05) is 75.2 Å². The molecule has 0 spiro atoms. The van der Waals surface area contributed by atoms with Gasteiger partial charge in [0, 0.05) is 39.3 Å². The highest BCUT2D eigenvalue weighted by molar-refractivity contribution is 6.21. The number of benzene rings is 1. The number of carbonyl (C=O) groups is 2. The summed E-state index contributed by atoms with van der Waals surface area (Å²) in [5.74, 6) is -0.561. The molecule has 0 unspecified atom stereocenters. The number of nitrogens with zero attached hydrogens (tertiary/aromatic N) is 2. The van der Waals surface area contributed by atoms with Gasteiger partial charge in [-0.3, -0.25) is 0 Å². The van der Waals surface area contributed by atoms with E-state index < -0.39 is 11.9 Å². The number of hydrogen-bond acceptors (Lipinski definition) is 6. The van der Waals surface area contributed by atoms with Crippen LogP contribution in [0.5, 0.6) is 0 Å². The average molecular weight is 360 g/mol. The summed E-state index contributed by atoms with van der Waals surface area (Å²) in [7, 11) is 10.2. The highest BCUT2D eigenvalue weighted by Gasteiger charge is 2.29. The first-order valence-electron chi connectivity index (χ1n) is 8.34. The van der Waals surface area contributed by atoms with Gasteiger partial charge in [0.25, 0.3) is 0 Å². The second kappa shape index (κ2) is 9.65. The molecule has 142 valence electrons. The van der Waals surface area contributed by atoms with Crippen molar-refractivity contribution in [1.29, 1.82) is 0 Å². The summed E-state index contributed by atoms with van der Waals surface area (Å²) in [4.78, 5) is 28.9. The molecule has 0 aromatic heterocycles. The van der Waals surface area contributed by atoms with Crippen molar-refractivity contribution in [2.45, 2.75) is 13.3 Å². The van der Waals surface area contributed by atoms with Gasteiger partial charge in [-0.25, -0.2) is 9.59 Å². The molecule has 0 aliphatic carbocycles. The molecule has 1 rings (SSSR count). The van der Waals surface area contributed by atoms with Crippen LogP contribution >= 0.6 is 0 Å². The van der Waals surface area contributed by atoms with Crippen LogP contribution in [0.3, 0.4) is 0 Å². The van der Waals surface area contributed by atoms with Gasteiger partial charge in [-0.2, -0.15) is 0 Å². The van der Waals surface area contributed by atoms with Crippen molar-refractivity contribution >= 4 is 17.5 Å². The number of esters is 2. The fourth-order valence-electron chi connectivity index (χ4n) is 2.95. The SMILES string of the molecule is CCC(C(=C(C(=O)OC)C(=O)OC)c1ccccc1)=C(N(C)C)N(C)C. The van der Waals surface area contributed by atoms with E-state index in [0.29, 0.717) is 12.0 Å². The molecule has 1 aromatic carbocycles. The van der Waals surface area contributed by atoms with E-state index in [2.05, 4.69) is 0 Å². The molecule has 0 N–H and O–H groups in total. The summed E-state index contributed by atoms with van der Waals surface area (Å²) in [5.41, 5.74) is 2.00. The van der Waals surface area contributed by atoms with Crippen LogP contribution in [-0.2, 0) is 19.1 Å². The van der Waals surface area contributed by atoms with Crippen LogP contribution in [0.1, 0.15) is 18.9 Å². The molecule has 0 fully saturated rings. The molecule has 0 bridgehead atoms. The highest BCUT2D eigenvalue weighted by Crippen LogP contribution is 2.33. The molecule has 0 heterocycles. The number of allylic oxidation sites excluding steroid dienone is 2. The third-order valence-corrected chi connectivity index (χ3v) is 3.86. The van der Waals surface area contributed by atoms with Crippen molar-refractivity contribution in [2.75, 3.05) is 42.4 Å². The molecule has 0 aliphatic heterocycles. The summed E-state index contributed by atoms with van der Waals surface area (Å²) >= 11 is 0. The molecule has 0 aliphatic rings. The fourth-order valence-corrected chi connectivity index (χ4v) is 2.95. The zero-order chi connectivity index (χ0) is 19.9. The van der Waals surface area contributed by atoms with E-state index in [1.165, 1.54) is 14.2 Å². The van der Waals surface area contributed by atoms with Gasteiger partial charge in [0.05, 0.1) is 14.2 Å². The standard InChI is InChI=1S/C20H28N2O4/c1-8-15(18(21(2)3)22(4)5)16(14-12-10-9-11-13-14)17(19(23)25-6)20(24)26-7/h9-13H,8H2,1-7H3. The number of hydrogen-bond donors (Lipinski definition) is 0. The normalized spacial score (nSPS) is 9.81. The van der Waals surface area contributed by atoms with Crippen LogP contribution in [0, 0.1) is 0 Å². The van der Waals surface area contributed by atoms with E-state index in [1.54, 1.807) is 0 Å². The van der Waals surface area contributed by atoms with Crippen molar-refractivity contribution in [3.63, 3.8) is 0 Å². The molecule has 6 heteroatoms. The minimum atomic E-state index is -0.724. The number of ether oxygens (including phenoxy) is 2. The van der Waals surface area contributed by atoms with E-state index in [4.69, 9.17) is 9.47 Å². The maximum atomic E-state index is 12.5. The van der Waals surface area contributed by atoms with Crippen molar-refractivity contribution < 1.29 is 19.1 Å². The third kappa shape index (κ3) is 4.65. The molecular formula is C20H28N2O4. The lowest BCUT2D eigenvalue weighted by Crippen LogP contribution is -2.28. The summed E-state index contributed by atoms with van der Waals surface area (Å²) in [5, 5.41) is 0. The first-order chi connectivity index (χ1) is 12.3. The minimum Gasteiger partial charge on any atom is -0.465 e. The van der Waals surface area contributed by atoms with Gasteiger partial charge in [0.1, 0.15) is 5.82 Å². The van der Waals surface area contributed by atoms with Crippen LogP contribution in [0.25, 0.3) is 5.57 Å². The molecule has 0 radical (unpaired) electrons. The van der Waals surface area contributed by atoms with Crippen molar-refractivity contribution in [1.82, 2.24) is 9.80 Å². The monoisotopic (exact) mass is 360 g/mol. The highest BCUT2D eigenvalue weighted by atomic mass is 16.5. The minimum absolute atomic E-state index is 0.112. The number of rotatable bonds is 7. The van der Waals surface area contributed by atoms with Crippen LogP contribution < -0.4 is 0 Å². The quantitative estimate of drug-likeness (QED) is 0.245. The lowest BCUT2D eigenvalue weighted by atomic mass is 9.90. The van der Waals surface area contributed by atoms with Gasteiger partial charge >= 0.3 is 11.9 Å². The smallest absolute Gasteiger partial charge is 0.345 e. The molecule has 6 nitrogen and oxygen atoms in total. The molecule has 0 amide bonds. The summed E-state index contributed by atoms with van der Waals surface area (Å²) < 4.78 is 9.77. The Balaban J connectivity index is 4.03. The molecule has 0 atom stereocenters. The predicted molar refractivity (Wildman–Crippen MR) is 102 cm³/mol. The van der Waals surface area contributed by atoms with Gasteiger partial charge in [0.15, 0.2) is 5.57 Å². The van der Waals surface area contributed by atoms with Crippen molar-refractivity contribution in [2.24, 2.45) is 0 Å². The molecular weight excluding hydrogens is 332 g/mol. The first kappa shape index (κ1) is 21.3. The molecule has 26 heavy (non-hydrogen) atoms. The Bertz CT molecular complexity index is 676. The second-order valence-corrected chi connectivity index (χ2v) is 6.04. The Morgan fingerprint density at radius 1 is 0.885 bits per heavy atom. The van der Waals surface area contributed by atoms with E-state index >= 15 is 0 Å². The van der Waals surface area contributed by atoms with Gasteiger partial charge in [0.2, 0.25) is 0 Å². The number of carbonyl (C=O) groups excluding carboxylic acids is 2. The average Bonchev–Trinajstić information content (AvgIpc) is 2.63. The van der Waals surface area contributed by atoms with Gasteiger partial charge in [-0.15, -0.1) is 0 Å². The maximum absolute atomic E-state index is 12.5. The number of methoxy groups -OCH3 is 2. The second-order valence-electron chi connectivity index (χ2n) is 6.04. The topological polar surface area (TPSA) is 59.1 Å². The zero-order valence-corrected chi connectivity index (χ0v) is 16.6. The Hall–Kier alpha value is -2.76. The summed E-state index contributed by atoms with van der Waals surface area (Å²) in [6, 6.07) is 9.32. The Kier molecular flexibility index (Phi) is 7.90. The lowest BCUT2D eigenvalue weighted by Gasteiger charge is -2.29. The predicted octanol–water partition coefficient (Wildman–Crippen LogP) is 2.53. The Morgan fingerprint density at radius 2 is 1.35 bits per heavy atom. The van der Waals surface area contributed by atoms with Gasteiger partial charge in [-0.1, -0.05) is 37.3 Å².